The van der Waals surface area contributed by atoms with Crippen molar-refractivity contribution >= 4 is 21.6 Å². The quantitative estimate of drug-likeness (QED) is 0.752. The van der Waals surface area contributed by atoms with Gasteiger partial charge in [0.05, 0.1) is 4.90 Å². The lowest BCUT2D eigenvalue weighted by molar-refractivity contribution is -0.137. The highest BCUT2D eigenvalue weighted by molar-refractivity contribution is 7.89. The van der Waals surface area contributed by atoms with E-state index in [-0.39, 0.29) is 36.2 Å². The normalized spacial score (nSPS) is 17.4. The highest BCUT2D eigenvalue weighted by Gasteiger charge is 2.42. The molecule has 3 rings (SSSR count). The second-order valence-corrected chi connectivity index (χ2v) is 11.4. The molecule has 0 radical (unpaired) electrons. The van der Waals surface area contributed by atoms with E-state index in [1.807, 2.05) is 37.3 Å². The first-order valence-corrected chi connectivity index (χ1v) is 12.0. The summed E-state index contributed by atoms with van der Waals surface area (Å²) in [4.78, 5) is 13.0. The third kappa shape index (κ3) is 5.00. The number of carbonyl (C=O) groups excluding carboxylic acids is 1. The molecule has 168 valence electrons. The minimum atomic E-state index is -3.68. The molecule has 0 spiro atoms. The molecule has 1 fully saturated rings. The van der Waals surface area contributed by atoms with Gasteiger partial charge in [0.25, 0.3) is 5.91 Å². The second kappa shape index (κ2) is 8.37. The van der Waals surface area contributed by atoms with E-state index in [0.717, 1.165) is 11.1 Å². The number of carbonyl (C=O) groups is 1. The van der Waals surface area contributed by atoms with Gasteiger partial charge >= 0.3 is 0 Å². The molecule has 31 heavy (non-hydrogen) atoms. The standard InChI is InChI=1S/C24H32N2O4S/c1-17-6-7-18(2)21(16-17)31(29,30)26-14-12-24(28,13-15-26)22(27)25-20-10-8-19(9-11-20)23(3,4)5/h6-11,16,28H,12-15H2,1-5H3,(H,25,27). The third-order valence-corrected chi connectivity index (χ3v) is 7.98. The van der Waals surface area contributed by atoms with Crippen LogP contribution in [0.15, 0.2) is 47.4 Å². The van der Waals surface area contributed by atoms with Crippen molar-refractivity contribution in [2.24, 2.45) is 0 Å². The lowest BCUT2D eigenvalue weighted by Crippen LogP contribution is -2.52. The van der Waals surface area contributed by atoms with E-state index in [1.54, 1.807) is 19.1 Å². The maximum atomic E-state index is 13.1. The molecule has 1 saturated heterocycles. The fourth-order valence-electron chi connectivity index (χ4n) is 3.75. The number of nitrogens with zero attached hydrogens (tertiary/aromatic N) is 1. The maximum absolute atomic E-state index is 13.1. The number of aliphatic hydroxyl groups is 1. The number of anilines is 1. The van der Waals surface area contributed by atoms with Gasteiger partial charge in [-0.15, -0.1) is 0 Å². The number of hydrogen-bond acceptors (Lipinski definition) is 4. The summed E-state index contributed by atoms with van der Waals surface area (Å²) in [6.07, 6.45) is 0.0893. The van der Waals surface area contributed by atoms with Crippen LogP contribution in [0, 0.1) is 13.8 Å². The van der Waals surface area contributed by atoms with Crippen molar-refractivity contribution in [3.05, 3.63) is 59.2 Å². The van der Waals surface area contributed by atoms with Crippen LogP contribution < -0.4 is 5.32 Å². The Morgan fingerprint density at radius 1 is 1.03 bits per heavy atom. The predicted octanol–water partition coefficient (Wildman–Crippen LogP) is 3.76. The van der Waals surface area contributed by atoms with Crippen molar-refractivity contribution in [3.63, 3.8) is 0 Å². The Morgan fingerprint density at radius 2 is 1.61 bits per heavy atom. The molecule has 0 aliphatic carbocycles. The molecule has 1 amide bonds. The Kier molecular flexibility index (Phi) is 6.33. The number of amides is 1. The fraction of sp³-hybridized carbons (Fsp3) is 0.458. The van der Waals surface area contributed by atoms with E-state index < -0.39 is 21.5 Å². The van der Waals surface area contributed by atoms with Gasteiger partial charge < -0.3 is 10.4 Å². The topological polar surface area (TPSA) is 86.7 Å². The Bertz CT molecular complexity index is 1060. The van der Waals surface area contributed by atoms with Gasteiger partial charge in [-0.25, -0.2) is 8.42 Å². The zero-order valence-corrected chi connectivity index (χ0v) is 19.7. The lowest BCUT2D eigenvalue weighted by Gasteiger charge is -2.36. The maximum Gasteiger partial charge on any atom is 0.256 e. The van der Waals surface area contributed by atoms with E-state index >= 15 is 0 Å². The number of aryl methyl sites for hydroxylation is 2. The van der Waals surface area contributed by atoms with Crippen LogP contribution in [-0.4, -0.2) is 42.4 Å². The second-order valence-electron chi connectivity index (χ2n) is 9.49. The summed E-state index contributed by atoms with van der Waals surface area (Å²) in [6.45, 7) is 10.1. The minimum Gasteiger partial charge on any atom is -0.380 e. The fourth-order valence-corrected chi connectivity index (χ4v) is 5.50. The molecule has 1 aliphatic rings. The molecule has 2 aromatic rings. The van der Waals surface area contributed by atoms with Gasteiger partial charge in [0.2, 0.25) is 10.0 Å². The molecule has 2 aromatic carbocycles. The molecule has 0 unspecified atom stereocenters. The van der Waals surface area contributed by atoms with Crippen LogP contribution in [0.1, 0.15) is 50.3 Å². The van der Waals surface area contributed by atoms with Gasteiger partial charge in [-0.05, 0) is 67.0 Å². The molecule has 0 atom stereocenters. The number of piperidine rings is 1. The average Bonchev–Trinajstić information content (AvgIpc) is 2.69. The van der Waals surface area contributed by atoms with Crippen LogP contribution in [0.5, 0.6) is 0 Å². The first-order valence-electron chi connectivity index (χ1n) is 10.5. The van der Waals surface area contributed by atoms with Crippen LogP contribution in [0.25, 0.3) is 0 Å². The van der Waals surface area contributed by atoms with Gasteiger partial charge in [-0.2, -0.15) is 4.31 Å². The summed E-state index contributed by atoms with van der Waals surface area (Å²) in [5, 5.41) is 13.7. The number of sulfonamides is 1. The van der Waals surface area contributed by atoms with Crippen molar-refractivity contribution < 1.29 is 18.3 Å². The number of rotatable bonds is 4. The Balaban J connectivity index is 1.68. The lowest BCUT2D eigenvalue weighted by atomic mass is 9.87. The molecule has 2 N–H and O–H groups in total. The number of benzene rings is 2. The Morgan fingerprint density at radius 3 is 2.16 bits per heavy atom. The molecule has 6 nitrogen and oxygen atoms in total. The smallest absolute Gasteiger partial charge is 0.256 e. The molecular formula is C24H32N2O4S. The predicted molar refractivity (Wildman–Crippen MR) is 123 cm³/mol. The van der Waals surface area contributed by atoms with Crippen LogP contribution in [0.3, 0.4) is 0 Å². The van der Waals surface area contributed by atoms with E-state index in [4.69, 9.17) is 0 Å². The molecule has 0 aromatic heterocycles. The van der Waals surface area contributed by atoms with Gasteiger partial charge in [0, 0.05) is 18.8 Å². The summed E-state index contributed by atoms with van der Waals surface area (Å²) < 4.78 is 27.5. The highest BCUT2D eigenvalue weighted by atomic mass is 32.2. The molecule has 1 heterocycles. The Labute approximate surface area is 185 Å². The average molecular weight is 445 g/mol. The van der Waals surface area contributed by atoms with Gasteiger partial charge in [0.15, 0.2) is 0 Å². The van der Waals surface area contributed by atoms with Gasteiger partial charge in [0.1, 0.15) is 5.60 Å². The van der Waals surface area contributed by atoms with Crippen LogP contribution in [0.4, 0.5) is 5.69 Å². The summed E-state index contributed by atoms with van der Waals surface area (Å²) in [5.41, 5.74) is 1.72. The van der Waals surface area contributed by atoms with Crippen molar-refractivity contribution in [1.82, 2.24) is 4.31 Å². The van der Waals surface area contributed by atoms with Crippen LogP contribution >= 0.6 is 0 Å². The van der Waals surface area contributed by atoms with E-state index in [0.29, 0.717) is 11.3 Å². The Hall–Kier alpha value is -2.22. The van der Waals surface area contributed by atoms with Gasteiger partial charge in [-0.1, -0.05) is 45.0 Å². The largest absolute Gasteiger partial charge is 0.380 e. The monoisotopic (exact) mass is 444 g/mol. The number of hydrogen-bond donors (Lipinski definition) is 2. The summed E-state index contributed by atoms with van der Waals surface area (Å²) >= 11 is 0. The van der Waals surface area contributed by atoms with Crippen molar-refractivity contribution in [2.75, 3.05) is 18.4 Å². The van der Waals surface area contributed by atoms with Crippen molar-refractivity contribution in [2.45, 2.75) is 63.4 Å². The van der Waals surface area contributed by atoms with Crippen LogP contribution in [-0.2, 0) is 20.2 Å². The number of nitrogens with one attached hydrogen (secondary N) is 1. The highest BCUT2D eigenvalue weighted by Crippen LogP contribution is 2.30. The van der Waals surface area contributed by atoms with E-state index in [2.05, 4.69) is 26.1 Å². The summed E-state index contributed by atoms with van der Waals surface area (Å²) in [7, 11) is -3.68. The van der Waals surface area contributed by atoms with Crippen molar-refractivity contribution in [3.8, 4) is 0 Å². The summed E-state index contributed by atoms with van der Waals surface area (Å²) in [5.74, 6) is -0.500. The zero-order chi connectivity index (χ0) is 23.0. The summed E-state index contributed by atoms with van der Waals surface area (Å²) in [6, 6.07) is 12.9. The van der Waals surface area contributed by atoms with E-state index in [1.165, 1.54) is 4.31 Å². The first-order chi connectivity index (χ1) is 14.3. The van der Waals surface area contributed by atoms with Crippen LogP contribution in [0.2, 0.25) is 0 Å². The molecular weight excluding hydrogens is 412 g/mol. The third-order valence-electron chi connectivity index (χ3n) is 5.94. The molecule has 0 saturated carbocycles. The molecule has 7 heteroatoms. The van der Waals surface area contributed by atoms with Crippen molar-refractivity contribution in [1.29, 1.82) is 0 Å². The van der Waals surface area contributed by atoms with Gasteiger partial charge in [-0.3, -0.25) is 4.79 Å². The minimum absolute atomic E-state index is 0.00864. The first kappa shape index (κ1) is 23.4. The van der Waals surface area contributed by atoms with E-state index in [9.17, 15) is 18.3 Å². The zero-order valence-electron chi connectivity index (χ0n) is 18.9. The molecule has 1 aliphatic heterocycles. The SMILES string of the molecule is Cc1ccc(C)c(S(=O)(=O)N2CCC(O)(C(=O)Nc3ccc(C(C)(C)C)cc3)CC2)c1. The molecule has 0 bridgehead atoms.